The van der Waals surface area contributed by atoms with Crippen LogP contribution < -0.4 is 0 Å². The van der Waals surface area contributed by atoms with Crippen LogP contribution in [0.15, 0.2) is 29.2 Å². The van der Waals surface area contributed by atoms with E-state index in [0.29, 0.717) is 106 Å². The number of benzene rings is 1. The van der Waals surface area contributed by atoms with E-state index in [1.54, 1.807) is 12.1 Å². The van der Waals surface area contributed by atoms with Gasteiger partial charge in [-0.15, -0.1) is 0 Å². The van der Waals surface area contributed by atoms with E-state index in [0.717, 1.165) is 18.6 Å². The first-order valence-electron chi connectivity index (χ1n) is 18.7. The Bertz CT molecular complexity index is 933. The Kier molecular flexibility index (Phi) is 33.8. The predicted molar refractivity (Wildman–Crippen MR) is 194 cm³/mol. The molecule has 1 aromatic rings. The molecule has 12 nitrogen and oxygen atoms in total. The average molecular weight is 737 g/mol. The van der Waals surface area contributed by atoms with Crippen molar-refractivity contribution < 1.29 is 55.2 Å². The molecule has 13 heteroatoms. The molecule has 0 radical (unpaired) electrons. The van der Waals surface area contributed by atoms with Crippen molar-refractivity contribution in [1.82, 2.24) is 0 Å². The Hall–Kier alpha value is -1.23. The van der Waals surface area contributed by atoms with Gasteiger partial charge in [-0.2, -0.15) is 8.42 Å². The number of aryl methyl sites for hydroxylation is 1. The van der Waals surface area contributed by atoms with E-state index in [2.05, 4.69) is 6.92 Å². The van der Waals surface area contributed by atoms with Crippen LogP contribution in [0.4, 0.5) is 0 Å². The molecule has 0 saturated carbocycles. The van der Waals surface area contributed by atoms with Crippen LogP contribution in [0, 0.1) is 6.92 Å². The second kappa shape index (κ2) is 36.1. The number of unbranched alkanes of at least 4 members (excludes halogenated alkanes) is 9. The molecule has 0 aliphatic heterocycles. The summed E-state index contributed by atoms with van der Waals surface area (Å²) < 4.78 is 78.6. The molecule has 0 aliphatic rings. The molecular formula is C37H68O12S. The Balaban J connectivity index is 1.66. The van der Waals surface area contributed by atoms with Gasteiger partial charge >= 0.3 is 0 Å². The molecule has 0 atom stereocenters. The highest BCUT2D eigenvalue weighted by Gasteiger charge is 2.14. The van der Waals surface area contributed by atoms with Gasteiger partial charge in [0, 0.05) is 6.61 Å². The van der Waals surface area contributed by atoms with Crippen molar-refractivity contribution in [1.29, 1.82) is 0 Å². The molecule has 0 amide bonds. The van der Waals surface area contributed by atoms with Crippen molar-refractivity contribution in [3.63, 3.8) is 0 Å². The molecule has 0 aromatic heterocycles. The summed E-state index contributed by atoms with van der Waals surface area (Å²) >= 11 is 0. The Morgan fingerprint density at radius 3 is 1.00 bits per heavy atom. The third kappa shape index (κ3) is 31.5. The van der Waals surface area contributed by atoms with E-state index in [9.17, 15) is 8.42 Å². The lowest BCUT2D eigenvalue weighted by molar-refractivity contribution is -0.0254. The Morgan fingerprint density at radius 1 is 0.380 bits per heavy atom. The summed E-state index contributed by atoms with van der Waals surface area (Å²) in [6.07, 6.45) is 13.4. The first-order valence-corrected chi connectivity index (χ1v) is 20.1. The topological polar surface area (TPSA) is 126 Å². The summed E-state index contributed by atoms with van der Waals surface area (Å²) in [4.78, 5) is 0.132. The summed E-state index contributed by atoms with van der Waals surface area (Å²) in [6, 6.07) is 6.50. The van der Waals surface area contributed by atoms with Gasteiger partial charge in [0.2, 0.25) is 0 Å². The molecule has 0 unspecified atom stereocenters. The lowest BCUT2D eigenvalue weighted by Crippen LogP contribution is -2.15. The van der Waals surface area contributed by atoms with Crippen LogP contribution in [0.25, 0.3) is 0 Å². The molecule has 0 fully saturated rings. The van der Waals surface area contributed by atoms with Crippen molar-refractivity contribution in [3.05, 3.63) is 29.8 Å². The maximum atomic E-state index is 12.1. The lowest BCUT2D eigenvalue weighted by atomic mass is 10.1. The van der Waals surface area contributed by atoms with Crippen molar-refractivity contribution in [2.75, 3.05) is 126 Å². The first kappa shape index (κ1) is 46.8. The monoisotopic (exact) mass is 736 g/mol. The molecule has 0 N–H and O–H groups in total. The molecule has 1 rings (SSSR count). The summed E-state index contributed by atoms with van der Waals surface area (Å²) in [5.74, 6) is 0. The zero-order valence-corrected chi connectivity index (χ0v) is 31.9. The van der Waals surface area contributed by atoms with Crippen molar-refractivity contribution in [2.45, 2.75) is 83.0 Å². The Morgan fingerprint density at radius 2 is 0.660 bits per heavy atom. The van der Waals surface area contributed by atoms with Crippen LogP contribution in [0.1, 0.15) is 76.7 Å². The van der Waals surface area contributed by atoms with Crippen LogP contribution in [0.3, 0.4) is 0 Å². The summed E-state index contributed by atoms with van der Waals surface area (Å²) in [6.45, 7) is 13.0. The molecule has 0 aliphatic carbocycles. The highest BCUT2D eigenvalue weighted by Crippen LogP contribution is 2.13. The molecule has 50 heavy (non-hydrogen) atoms. The van der Waals surface area contributed by atoms with Crippen LogP contribution in [0.5, 0.6) is 0 Å². The zero-order valence-electron chi connectivity index (χ0n) is 31.1. The van der Waals surface area contributed by atoms with E-state index >= 15 is 0 Å². The third-order valence-electron chi connectivity index (χ3n) is 7.39. The maximum absolute atomic E-state index is 12.1. The molecule has 1 aromatic carbocycles. The van der Waals surface area contributed by atoms with E-state index in [-0.39, 0.29) is 18.1 Å². The fourth-order valence-electron chi connectivity index (χ4n) is 4.53. The lowest BCUT2D eigenvalue weighted by Gasteiger charge is -2.09. The number of ether oxygens (including phenoxy) is 9. The van der Waals surface area contributed by atoms with Gasteiger partial charge in [0.25, 0.3) is 10.1 Å². The van der Waals surface area contributed by atoms with E-state index < -0.39 is 10.1 Å². The second-order valence-electron chi connectivity index (χ2n) is 11.8. The quantitative estimate of drug-likeness (QED) is 0.0600. The minimum absolute atomic E-state index is 0.0546. The molecule has 294 valence electrons. The van der Waals surface area contributed by atoms with E-state index in [1.807, 2.05) is 6.92 Å². The number of hydrogen-bond acceptors (Lipinski definition) is 12. The number of hydrogen-bond donors (Lipinski definition) is 0. The van der Waals surface area contributed by atoms with Gasteiger partial charge in [-0.05, 0) is 25.5 Å². The third-order valence-corrected chi connectivity index (χ3v) is 8.72. The van der Waals surface area contributed by atoms with E-state index in [1.165, 1.54) is 69.9 Å². The van der Waals surface area contributed by atoms with E-state index in [4.69, 9.17) is 46.8 Å². The van der Waals surface area contributed by atoms with Crippen LogP contribution in [0.2, 0.25) is 0 Å². The standard InChI is InChI=1S/C37H68O12S/c1-3-4-5-6-7-8-9-10-11-12-17-40-18-19-41-20-21-42-22-23-43-24-25-44-26-27-45-28-29-46-30-31-47-32-33-48-34-35-49-50(38,39)37-15-13-36(2)14-16-37/h13-16H,3-12,17-35H2,1-2H3. The predicted octanol–water partition coefficient (Wildman–Crippen LogP) is 5.77. The maximum Gasteiger partial charge on any atom is 0.297 e. The highest BCUT2D eigenvalue weighted by molar-refractivity contribution is 7.86. The zero-order chi connectivity index (χ0) is 36.1. The van der Waals surface area contributed by atoms with Gasteiger partial charge in [-0.1, -0.05) is 82.4 Å². The second-order valence-corrected chi connectivity index (χ2v) is 13.4. The number of rotatable bonds is 40. The Labute approximate surface area is 303 Å². The summed E-state index contributed by atoms with van der Waals surface area (Å²) in [5.41, 5.74) is 0.979. The SMILES string of the molecule is CCCCCCCCCCCCOCCOCCOCCOCCOCCOCCOCCOCCOCCOS(=O)(=O)c1ccc(C)cc1. The van der Waals surface area contributed by atoms with Gasteiger partial charge in [-0.3, -0.25) is 4.18 Å². The van der Waals surface area contributed by atoms with Crippen LogP contribution in [-0.4, -0.2) is 134 Å². The highest BCUT2D eigenvalue weighted by atomic mass is 32.2. The average Bonchev–Trinajstić information content (AvgIpc) is 3.11. The van der Waals surface area contributed by atoms with Crippen LogP contribution >= 0.6 is 0 Å². The molecule has 0 spiro atoms. The van der Waals surface area contributed by atoms with Gasteiger partial charge in [-0.25, -0.2) is 0 Å². The van der Waals surface area contributed by atoms with Gasteiger partial charge in [0.1, 0.15) is 0 Å². The van der Waals surface area contributed by atoms with Crippen molar-refractivity contribution >= 4 is 10.1 Å². The molecular weight excluding hydrogens is 668 g/mol. The summed E-state index contributed by atoms with van der Waals surface area (Å²) in [7, 11) is -3.77. The minimum atomic E-state index is -3.77. The first-order chi connectivity index (χ1) is 24.6. The normalized spacial score (nSPS) is 11.9. The summed E-state index contributed by atoms with van der Waals surface area (Å²) in [5, 5.41) is 0. The smallest absolute Gasteiger partial charge is 0.297 e. The minimum Gasteiger partial charge on any atom is -0.379 e. The molecule has 0 heterocycles. The van der Waals surface area contributed by atoms with Crippen molar-refractivity contribution in [2.24, 2.45) is 0 Å². The van der Waals surface area contributed by atoms with Crippen LogP contribution in [-0.2, 0) is 56.9 Å². The fraction of sp³-hybridized carbons (Fsp3) is 0.838. The van der Waals surface area contributed by atoms with Crippen molar-refractivity contribution in [3.8, 4) is 0 Å². The van der Waals surface area contributed by atoms with Gasteiger partial charge in [0.15, 0.2) is 0 Å². The fourth-order valence-corrected chi connectivity index (χ4v) is 5.42. The van der Waals surface area contributed by atoms with Gasteiger partial charge in [0.05, 0.1) is 124 Å². The molecule has 0 saturated heterocycles. The molecule has 0 bridgehead atoms. The largest absolute Gasteiger partial charge is 0.379 e. The van der Waals surface area contributed by atoms with Gasteiger partial charge < -0.3 is 42.6 Å².